The van der Waals surface area contributed by atoms with Crippen LogP contribution in [0.15, 0.2) is 29.3 Å². The van der Waals surface area contributed by atoms with Gasteiger partial charge in [-0.3, -0.25) is 4.99 Å². The van der Waals surface area contributed by atoms with E-state index in [1.807, 2.05) is 24.3 Å². The summed E-state index contributed by atoms with van der Waals surface area (Å²) in [4.78, 5) is 14.7. The molecule has 0 unspecified atom stereocenters. The SMILES string of the molecule is O=C[C@H]1N=c2ccccc2=C1Br. The lowest BCUT2D eigenvalue weighted by Gasteiger charge is -1.93. The van der Waals surface area contributed by atoms with E-state index in [0.29, 0.717) is 0 Å². The van der Waals surface area contributed by atoms with Crippen LogP contribution >= 0.6 is 15.9 Å². The third-order valence-electron chi connectivity index (χ3n) is 1.83. The zero-order chi connectivity index (χ0) is 8.55. The highest BCUT2D eigenvalue weighted by molar-refractivity contribution is 9.15. The highest BCUT2D eigenvalue weighted by atomic mass is 79.9. The number of benzene rings is 1. The first-order chi connectivity index (χ1) is 5.83. The quantitative estimate of drug-likeness (QED) is 0.634. The lowest BCUT2D eigenvalue weighted by atomic mass is 10.2. The Morgan fingerprint density at radius 1 is 1.42 bits per heavy atom. The molecule has 60 valence electrons. The van der Waals surface area contributed by atoms with Crippen LogP contribution in [0.3, 0.4) is 0 Å². The van der Waals surface area contributed by atoms with Gasteiger partial charge in [0.05, 0.1) is 5.36 Å². The Morgan fingerprint density at radius 3 is 2.83 bits per heavy atom. The Bertz CT molecular complexity index is 438. The maximum atomic E-state index is 10.5. The molecule has 0 N–H and O–H groups in total. The van der Waals surface area contributed by atoms with Crippen LogP contribution in [0.1, 0.15) is 0 Å². The first-order valence-electron chi connectivity index (χ1n) is 3.61. The van der Waals surface area contributed by atoms with Gasteiger partial charge in [0.1, 0.15) is 12.3 Å². The molecule has 0 bridgehead atoms. The molecular formula is C9H6BrNO. The number of carbonyl (C=O) groups excluding carboxylic acids is 1. The molecule has 1 aliphatic heterocycles. The summed E-state index contributed by atoms with van der Waals surface area (Å²) in [7, 11) is 0. The first kappa shape index (κ1) is 7.68. The molecule has 0 amide bonds. The summed E-state index contributed by atoms with van der Waals surface area (Å²) in [6.45, 7) is 0. The Labute approximate surface area is 77.8 Å². The summed E-state index contributed by atoms with van der Waals surface area (Å²) in [5.41, 5.74) is 0. The highest BCUT2D eigenvalue weighted by Gasteiger charge is 2.14. The molecule has 0 aliphatic carbocycles. The lowest BCUT2D eigenvalue weighted by molar-refractivity contribution is -0.107. The van der Waals surface area contributed by atoms with Crippen molar-refractivity contribution in [3.63, 3.8) is 0 Å². The zero-order valence-electron chi connectivity index (χ0n) is 6.20. The topological polar surface area (TPSA) is 29.4 Å². The van der Waals surface area contributed by atoms with Crippen molar-refractivity contribution in [3.8, 4) is 0 Å². The number of nitrogens with zero attached hydrogens (tertiary/aromatic N) is 1. The van der Waals surface area contributed by atoms with Gasteiger partial charge in [-0.2, -0.15) is 0 Å². The highest BCUT2D eigenvalue weighted by Crippen LogP contribution is 2.13. The summed E-state index contributed by atoms with van der Waals surface area (Å²) in [5, 5.41) is 1.91. The number of hydrogen-bond acceptors (Lipinski definition) is 2. The zero-order valence-corrected chi connectivity index (χ0v) is 7.78. The first-order valence-corrected chi connectivity index (χ1v) is 4.40. The summed E-state index contributed by atoms with van der Waals surface area (Å²) in [6.07, 6.45) is 0.837. The largest absolute Gasteiger partial charge is 0.301 e. The number of carbonyl (C=O) groups is 1. The number of para-hydroxylation sites is 1. The van der Waals surface area contributed by atoms with Crippen molar-refractivity contribution < 1.29 is 4.79 Å². The minimum absolute atomic E-state index is 0.331. The fourth-order valence-electron chi connectivity index (χ4n) is 1.24. The molecule has 0 radical (unpaired) electrons. The van der Waals surface area contributed by atoms with Crippen molar-refractivity contribution in [3.05, 3.63) is 34.8 Å². The monoisotopic (exact) mass is 223 g/mol. The van der Waals surface area contributed by atoms with Crippen LogP contribution in [0, 0.1) is 0 Å². The van der Waals surface area contributed by atoms with E-state index in [4.69, 9.17) is 0 Å². The molecule has 0 fully saturated rings. The van der Waals surface area contributed by atoms with Gasteiger partial charge in [0.25, 0.3) is 0 Å². The maximum Gasteiger partial charge on any atom is 0.149 e. The molecule has 2 nitrogen and oxygen atoms in total. The van der Waals surface area contributed by atoms with Crippen molar-refractivity contribution in [2.24, 2.45) is 4.99 Å². The Hall–Kier alpha value is -0.960. The summed E-state index contributed by atoms with van der Waals surface area (Å²) < 4.78 is 0.869. The predicted molar refractivity (Wildman–Crippen MR) is 49.4 cm³/mol. The summed E-state index contributed by atoms with van der Waals surface area (Å²) in [6, 6.07) is 7.37. The van der Waals surface area contributed by atoms with Gasteiger partial charge >= 0.3 is 0 Å². The number of aldehydes is 1. The fourth-order valence-corrected chi connectivity index (χ4v) is 1.79. The van der Waals surface area contributed by atoms with Crippen LogP contribution in [0.5, 0.6) is 0 Å². The molecule has 2 rings (SSSR count). The Balaban J connectivity index is 2.80. The molecule has 1 heterocycles. The number of rotatable bonds is 1. The summed E-state index contributed by atoms with van der Waals surface area (Å²) in [5.74, 6) is 0. The van der Waals surface area contributed by atoms with Gasteiger partial charge < -0.3 is 4.79 Å². The van der Waals surface area contributed by atoms with E-state index in [1.54, 1.807) is 0 Å². The van der Waals surface area contributed by atoms with Gasteiger partial charge in [0.2, 0.25) is 0 Å². The second-order valence-electron chi connectivity index (χ2n) is 2.58. The molecule has 0 spiro atoms. The van der Waals surface area contributed by atoms with Crippen LogP contribution in [-0.2, 0) is 4.79 Å². The molecule has 1 aromatic rings. The van der Waals surface area contributed by atoms with Crippen molar-refractivity contribution in [2.45, 2.75) is 6.04 Å². The normalized spacial score (nSPS) is 20.1. The number of halogens is 1. The minimum Gasteiger partial charge on any atom is -0.301 e. The van der Waals surface area contributed by atoms with E-state index in [-0.39, 0.29) is 6.04 Å². The summed E-state index contributed by atoms with van der Waals surface area (Å²) >= 11 is 3.36. The van der Waals surface area contributed by atoms with Gasteiger partial charge in [-0.25, -0.2) is 0 Å². The second-order valence-corrected chi connectivity index (χ2v) is 3.43. The average molecular weight is 224 g/mol. The Morgan fingerprint density at radius 2 is 2.17 bits per heavy atom. The second kappa shape index (κ2) is 2.83. The van der Waals surface area contributed by atoms with Crippen LogP contribution < -0.4 is 10.6 Å². The number of hydrogen-bond donors (Lipinski definition) is 0. The smallest absolute Gasteiger partial charge is 0.149 e. The van der Waals surface area contributed by atoms with Crippen LogP contribution in [-0.4, -0.2) is 12.3 Å². The number of fused-ring (bicyclic) bond motifs is 1. The van der Waals surface area contributed by atoms with Crippen LogP contribution in [0.2, 0.25) is 0 Å². The maximum absolute atomic E-state index is 10.5. The van der Waals surface area contributed by atoms with Gasteiger partial charge in [0.15, 0.2) is 0 Å². The van der Waals surface area contributed by atoms with Crippen LogP contribution in [0.4, 0.5) is 0 Å². The molecule has 0 saturated carbocycles. The van der Waals surface area contributed by atoms with E-state index in [0.717, 1.165) is 21.3 Å². The molecule has 1 aromatic carbocycles. The molecule has 0 saturated heterocycles. The van der Waals surface area contributed by atoms with E-state index < -0.39 is 0 Å². The van der Waals surface area contributed by atoms with Crippen molar-refractivity contribution >= 4 is 26.7 Å². The fraction of sp³-hybridized carbons (Fsp3) is 0.111. The molecule has 1 atom stereocenters. The average Bonchev–Trinajstić information content (AvgIpc) is 2.44. The molecule has 3 heteroatoms. The van der Waals surface area contributed by atoms with E-state index in [2.05, 4.69) is 20.9 Å². The predicted octanol–water partition coefficient (Wildman–Crippen LogP) is 0.390. The van der Waals surface area contributed by atoms with Gasteiger partial charge in [0, 0.05) is 9.70 Å². The van der Waals surface area contributed by atoms with Gasteiger partial charge in [-0.05, 0) is 6.07 Å². The van der Waals surface area contributed by atoms with Gasteiger partial charge in [-0.1, -0.05) is 34.1 Å². The van der Waals surface area contributed by atoms with Crippen LogP contribution in [0.25, 0.3) is 4.48 Å². The molecule has 12 heavy (non-hydrogen) atoms. The van der Waals surface area contributed by atoms with E-state index in [9.17, 15) is 4.79 Å². The van der Waals surface area contributed by atoms with E-state index >= 15 is 0 Å². The molecule has 1 aliphatic rings. The van der Waals surface area contributed by atoms with E-state index in [1.165, 1.54) is 0 Å². The minimum atomic E-state index is -0.331. The third-order valence-corrected chi connectivity index (χ3v) is 2.72. The van der Waals surface area contributed by atoms with Crippen molar-refractivity contribution in [1.29, 1.82) is 0 Å². The standard InChI is InChI=1S/C9H6BrNO/c10-9-6-3-1-2-4-7(6)11-8(9)5-12/h1-5,8H/t8-/m1/s1. The lowest BCUT2D eigenvalue weighted by Crippen LogP contribution is -2.20. The Kier molecular flexibility index (Phi) is 1.81. The molecular weight excluding hydrogens is 218 g/mol. The van der Waals surface area contributed by atoms with Crippen molar-refractivity contribution in [1.82, 2.24) is 0 Å². The van der Waals surface area contributed by atoms with Crippen molar-refractivity contribution in [2.75, 3.05) is 0 Å². The third kappa shape index (κ3) is 1.01. The molecule has 0 aromatic heterocycles. The van der Waals surface area contributed by atoms with Gasteiger partial charge in [-0.15, -0.1) is 0 Å².